The number of aromatic nitrogens is 3. The highest BCUT2D eigenvalue weighted by Crippen LogP contribution is 2.61. The first kappa shape index (κ1) is 31.0. The molecule has 0 bridgehead atoms. The fourth-order valence-corrected chi connectivity index (χ4v) is 9.49. The number of hydrogen-bond donors (Lipinski definition) is 0. The van der Waals surface area contributed by atoms with Crippen molar-refractivity contribution in [3.63, 3.8) is 0 Å². The number of hydrogen-bond acceptors (Lipinski definition) is 4. The van der Waals surface area contributed by atoms with Crippen molar-refractivity contribution in [3.8, 4) is 67.5 Å². The normalized spacial score (nSPS) is 13.1. The molecule has 0 amide bonds. The number of rotatable bonds is 3. The van der Waals surface area contributed by atoms with Gasteiger partial charge in [0, 0.05) is 27.5 Å². The van der Waals surface area contributed by atoms with Crippen molar-refractivity contribution in [2.24, 2.45) is 0 Å². The SMILES string of the molecule is c1ccc(-c2nc(-c3ccc4c(c3)C3(c5ccccc5-c5ccccc5-4)c4ccccc4-c4ccccc43)nc(-c3cccc4oc5ccccc5c34)n2)cc1. The number of benzene rings is 8. The molecular formula is C52H31N3O. The Labute approximate surface area is 323 Å². The van der Waals surface area contributed by atoms with Crippen molar-refractivity contribution in [1.82, 2.24) is 15.0 Å². The van der Waals surface area contributed by atoms with E-state index in [2.05, 4.69) is 140 Å². The smallest absolute Gasteiger partial charge is 0.164 e. The number of fused-ring (bicyclic) bond motifs is 15. The molecule has 8 aromatic carbocycles. The average molecular weight is 714 g/mol. The highest BCUT2D eigenvalue weighted by Gasteiger charge is 2.49. The van der Waals surface area contributed by atoms with E-state index in [0.29, 0.717) is 17.5 Å². The molecule has 2 aromatic heterocycles. The first-order valence-corrected chi connectivity index (χ1v) is 19.0. The predicted molar refractivity (Wildman–Crippen MR) is 225 cm³/mol. The van der Waals surface area contributed by atoms with Crippen molar-refractivity contribution in [1.29, 1.82) is 0 Å². The van der Waals surface area contributed by atoms with Gasteiger partial charge in [-0.2, -0.15) is 0 Å². The fourth-order valence-electron chi connectivity index (χ4n) is 9.49. The number of furan rings is 1. The molecule has 10 aromatic rings. The molecule has 2 aliphatic carbocycles. The van der Waals surface area contributed by atoms with Gasteiger partial charge in [0.1, 0.15) is 11.2 Å². The van der Waals surface area contributed by atoms with Crippen LogP contribution in [0.4, 0.5) is 0 Å². The zero-order valence-corrected chi connectivity index (χ0v) is 30.1. The van der Waals surface area contributed by atoms with Crippen LogP contribution in [0.3, 0.4) is 0 Å². The van der Waals surface area contributed by atoms with Gasteiger partial charge < -0.3 is 4.42 Å². The molecule has 0 fully saturated rings. The lowest BCUT2D eigenvalue weighted by atomic mass is 9.65. The summed E-state index contributed by atoms with van der Waals surface area (Å²) in [6.07, 6.45) is 0. The Hall–Kier alpha value is -7.43. The van der Waals surface area contributed by atoms with E-state index in [1.165, 1.54) is 55.6 Å². The summed E-state index contributed by atoms with van der Waals surface area (Å²) in [7, 11) is 0. The summed E-state index contributed by atoms with van der Waals surface area (Å²) < 4.78 is 6.32. The highest BCUT2D eigenvalue weighted by molar-refractivity contribution is 6.11. The zero-order valence-electron chi connectivity index (χ0n) is 30.1. The lowest BCUT2D eigenvalue weighted by Crippen LogP contribution is -2.29. The van der Waals surface area contributed by atoms with Crippen LogP contribution in [0, 0.1) is 0 Å². The third-order valence-corrected chi connectivity index (χ3v) is 11.8. The molecular weight excluding hydrogens is 683 g/mol. The summed E-state index contributed by atoms with van der Waals surface area (Å²) in [5.41, 5.74) is 16.2. The molecule has 4 nitrogen and oxygen atoms in total. The molecule has 0 radical (unpaired) electrons. The van der Waals surface area contributed by atoms with Gasteiger partial charge in [-0.3, -0.25) is 0 Å². The van der Waals surface area contributed by atoms with E-state index >= 15 is 0 Å². The second-order valence-corrected chi connectivity index (χ2v) is 14.6. The minimum atomic E-state index is -0.604. The molecule has 260 valence electrons. The molecule has 0 atom stereocenters. The summed E-state index contributed by atoms with van der Waals surface area (Å²) in [5, 5.41) is 2.02. The third kappa shape index (κ3) is 4.27. The Bertz CT molecular complexity index is 3170. The molecule has 0 N–H and O–H groups in total. The topological polar surface area (TPSA) is 51.8 Å². The van der Waals surface area contributed by atoms with Gasteiger partial charge in [0.05, 0.1) is 5.41 Å². The monoisotopic (exact) mass is 713 g/mol. The van der Waals surface area contributed by atoms with Gasteiger partial charge in [-0.25, -0.2) is 15.0 Å². The standard InChI is InChI=1S/C52H31N3O/c1-2-15-32(16-3-1)49-53-50(55-51(54-49)41-23-14-28-47-48(41)40-22-9-13-27-46(40)56-47)33-29-30-39-35-18-5-4-17-34(35)36-19-6-10-24-42(36)52(45(39)31-33)43-25-11-7-20-37(43)38-21-8-12-26-44(38)52/h1-31H. The van der Waals surface area contributed by atoms with Crippen molar-refractivity contribution >= 4 is 21.9 Å². The molecule has 2 aliphatic rings. The third-order valence-electron chi connectivity index (χ3n) is 11.8. The van der Waals surface area contributed by atoms with Crippen molar-refractivity contribution in [3.05, 3.63) is 210 Å². The quantitative estimate of drug-likeness (QED) is 0.183. The van der Waals surface area contributed by atoms with Crippen molar-refractivity contribution < 1.29 is 4.42 Å². The largest absolute Gasteiger partial charge is 0.456 e. The van der Waals surface area contributed by atoms with Gasteiger partial charge >= 0.3 is 0 Å². The van der Waals surface area contributed by atoms with E-state index in [1.54, 1.807) is 0 Å². The molecule has 0 unspecified atom stereocenters. The van der Waals surface area contributed by atoms with Gasteiger partial charge in [0.2, 0.25) is 0 Å². The van der Waals surface area contributed by atoms with Gasteiger partial charge in [0.25, 0.3) is 0 Å². The second-order valence-electron chi connectivity index (χ2n) is 14.6. The molecule has 4 heteroatoms. The molecule has 0 aliphatic heterocycles. The van der Waals surface area contributed by atoms with E-state index < -0.39 is 5.41 Å². The fraction of sp³-hybridized carbons (Fsp3) is 0.0192. The Morgan fingerprint density at radius 1 is 0.321 bits per heavy atom. The second kappa shape index (κ2) is 11.8. The van der Waals surface area contributed by atoms with E-state index in [0.717, 1.165) is 38.6 Å². The minimum Gasteiger partial charge on any atom is -0.456 e. The van der Waals surface area contributed by atoms with Crippen molar-refractivity contribution in [2.75, 3.05) is 0 Å². The van der Waals surface area contributed by atoms with E-state index in [4.69, 9.17) is 19.4 Å². The predicted octanol–water partition coefficient (Wildman–Crippen LogP) is 12.8. The molecule has 0 saturated carbocycles. The lowest BCUT2D eigenvalue weighted by molar-refractivity contribution is 0.669. The maximum absolute atomic E-state index is 6.32. The first-order valence-electron chi connectivity index (χ1n) is 19.0. The summed E-state index contributed by atoms with van der Waals surface area (Å²) in [5.74, 6) is 1.83. The Kier molecular flexibility index (Phi) is 6.52. The maximum atomic E-state index is 6.32. The highest BCUT2D eigenvalue weighted by atomic mass is 16.3. The Morgan fingerprint density at radius 2 is 0.804 bits per heavy atom. The number of para-hydroxylation sites is 1. The van der Waals surface area contributed by atoms with Crippen LogP contribution in [0.15, 0.2) is 192 Å². The molecule has 12 rings (SSSR count). The van der Waals surface area contributed by atoms with Crippen LogP contribution in [0.1, 0.15) is 22.3 Å². The van der Waals surface area contributed by atoms with Crippen LogP contribution in [-0.2, 0) is 5.41 Å². The summed E-state index contributed by atoms with van der Waals surface area (Å²) in [6, 6.07) is 67.0. The van der Waals surface area contributed by atoms with Gasteiger partial charge in [0.15, 0.2) is 17.5 Å². The van der Waals surface area contributed by atoms with Crippen LogP contribution in [0.2, 0.25) is 0 Å². The van der Waals surface area contributed by atoms with Crippen LogP contribution in [-0.4, -0.2) is 15.0 Å². The van der Waals surface area contributed by atoms with Gasteiger partial charge in [-0.15, -0.1) is 0 Å². The maximum Gasteiger partial charge on any atom is 0.164 e. The average Bonchev–Trinajstić information content (AvgIpc) is 3.77. The van der Waals surface area contributed by atoms with E-state index in [1.807, 2.05) is 48.5 Å². The zero-order chi connectivity index (χ0) is 36.8. The Morgan fingerprint density at radius 3 is 1.48 bits per heavy atom. The Balaban J connectivity index is 1.18. The van der Waals surface area contributed by atoms with E-state index in [9.17, 15) is 0 Å². The van der Waals surface area contributed by atoms with Gasteiger partial charge in [-0.1, -0.05) is 170 Å². The molecule has 2 heterocycles. The van der Waals surface area contributed by atoms with Crippen LogP contribution in [0.5, 0.6) is 0 Å². The van der Waals surface area contributed by atoms with Crippen LogP contribution in [0.25, 0.3) is 89.5 Å². The molecule has 1 spiro atoms. The summed E-state index contributed by atoms with van der Waals surface area (Å²) >= 11 is 0. The van der Waals surface area contributed by atoms with Crippen molar-refractivity contribution in [2.45, 2.75) is 5.41 Å². The van der Waals surface area contributed by atoms with Crippen LogP contribution >= 0.6 is 0 Å². The lowest BCUT2D eigenvalue weighted by Gasteiger charge is -2.35. The summed E-state index contributed by atoms with van der Waals surface area (Å²) in [6.45, 7) is 0. The first-order chi connectivity index (χ1) is 27.8. The van der Waals surface area contributed by atoms with Crippen LogP contribution < -0.4 is 0 Å². The molecule has 56 heavy (non-hydrogen) atoms. The minimum absolute atomic E-state index is 0.600. The van der Waals surface area contributed by atoms with E-state index in [-0.39, 0.29) is 0 Å². The number of nitrogens with zero attached hydrogens (tertiary/aromatic N) is 3. The van der Waals surface area contributed by atoms with Gasteiger partial charge in [-0.05, 0) is 73.8 Å². The molecule has 0 saturated heterocycles. The summed E-state index contributed by atoms with van der Waals surface area (Å²) in [4.78, 5) is 15.7.